The molecular weight excluding hydrogens is 312 g/mol. The molecule has 4 heteroatoms. The van der Waals surface area contributed by atoms with Crippen molar-refractivity contribution >= 4 is 17.5 Å². The van der Waals surface area contributed by atoms with Crippen molar-refractivity contribution in [2.45, 2.75) is 40.7 Å². The molecule has 0 fully saturated rings. The standard InChI is InChI=1S/C21H26N2O2/c1-5-16-10-12-18(13-11-16)23-20(25)21(3,4)19(24)22-14-17-9-7-6-8-15(17)2/h6-13H,5,14H2,1-4H3,(H,22,24)(H,23,25). The molecule has 25 heavy (non-hydrogen) atoms. The fourth-order valence-corrected chi connectivity index (χ4v) is 2.42. The number of carbonyl (C=O) groups excluding carboxylic acids is 2. The number of aryl methyl sites for hydroxylation is 2. The van der Waals surface area contributed by atoms with Crippen LogP contribution in [-0.4, -0.2) is 11.8 Å². The fourth-order valence-electron chi connectivity index (χ4n) is 2.42. The van der Waals surface area contributed by atoms with E-state index in [0.717, 1.165) is 17.5 Å². The van der Waals surface area contributed by atoms with Crippen molar-refractivity contribution in [2.24, 2.45) is 5.41 Å². The molecule has 0 aliphatic carbocycles. The third-order valence-electron chi connectivity index (χ3n) is 4.46. The SMILES string of the molecule is CCc1ccc(NC(=O)C(C)(C)C(=O)NCc2ccccc2C)cc1. The predicted molar refractivity (Wildman–Crippen MR) is 101 cm³/mol. The quantitative estimate of drug-likeness (QED) is 0.786. The third kappa shape index (κ3) is 4.69. The molecule has 0 aromatic heterocycles. The number of hydrogen-bond donors (Lipinski definition) is 2. The largest absolute Gasteiger partial charge is 0.351 e. The summed E-state index contributed by atoms with van der Waals surface area (Å²) in [4.78, 5) is 25.0. The highest BCUT2D eigenvalue weighted by atomic mass is 16.2. The normalized spacial score (nSPS) is 11.0. The highest BCUT2D eigenvalue weighted by Gasteiger charge is 2.35. The predicted octanol–water partition coefficient (Wildman–Crippen LogP) is 3.84. The average molecular weight is 338 g/mol. The zero-order valence-electron chi connectivity index (χ0n) is 15.3. The minimum absolute atomic E-state index is 0.293. The van der Waals surface area contributed by atoms with Crippen molar-refractivity contribution in [2.75, 3.05) is 5.32 Å². The highest BCUT2D eigenvalue weighted by molar-refractivity contribution is 6.09. The van der Waals surface area contributed by atoms with E-state index in [2.05, 4.69) is 17.6 Å². The smallest absolute Gasteiger partial charge is 0.239 e. The van der Waals surface area contributed by atoms with Crippen molar-refractivity contribution in [3.8, 4) is 0 Å². The molecule has 0 unspecified atom stereocenters. The van der Waals surface area contributed by atoms with Gasteiger partial charge in [0.15, 0.2) is 0 Å². The number of rotatable bonds is 6. The van der Waals surface area contributed by atoms with Gasteiger partial charge in [-0.2, -0.15) is 0 Å². The fraction of sp³-hybridized carbons (Fsp3) is 0.333. The van der Waals surface area contributed by atoms with Gasteiger partial charge in [0.2, 0.25) is 11.8 Å². The number of hydrogen-bond acceptors (Lipinski definition) is 2. The molecule has 132 valence electrons. The van der Waals surface area contributed by atoms with Crippen LogP contribution in [0.5, 0.6) is 0 Å². The molecule has 2 aromatic rings. The first-order valence-electron chi connectivity index (χ1n) is 8.57. The summed E-state index contributed by atoms with van der Waals surface area (Å²) in [6.07, 6.45) is 0.945. The molecule has 0 saturated carbocycles. The van der Waals surface area contributed by atoms with Crippen LogP contribution in [0.4, 0.5) is 5.69 Å². The second-order valence-corrected chi connectivity index (χ2v) is 6.74. The number of benzene rings is 2. The minimum Gasteiger partial charge on any atom is -0.351 e. The van der Waals surface area contributed by atoms with Crippen molar-refractivity contribution in [3.63, 3.8) is 0 Å². The van der Waals surface area contributed by atoms with Crippen LogP contribution < -0.4 is 10.6 Å². The molecule has 0 heterocycles. The van der Waals surface area contributed by atoms with Crippen molar-refractivity contribution in [1.29, 1.82) is 0 Å². The molecule has 2 rings (SSSR count). The van der Waals surface area contributed by atoms with E-state index in [1.54, 1.807) is 13.8 Å². The monoisotopic (exact) mass is 338 g/mol. The minimum atomic E-state index is -1.16. The summed E-state index contributed by atoms with van der Waals surface area (Å²) in [5.41, 5.74) is 2.89. The van der Waals surface area contributed by atoms with E-state index in [0.29, 0.717) is 12.2 Å². The van der Waals surface area contributed by atoms with Crippen molar-refractivity contribution in [3.05, 3.63) is 65.2 Å². The van der Waals surface area contributed by atoms with E-state index >= 15 is 0 Å². The Morgan fingerprint density at radius 2 is 1.60 bits per heavy atom. The van der Waals surface area contributed by atoms with Gasteiger partial charge in [0.1, 0.15) is 5.41 Å². The van der Waals surface area contributed by atoms with Crippen LogP contribution in [0.15, 0.2) is 48.5 Å². The number of carbonyl (C=O) groups is 2. The molecule has 4 nitrogen and oxygen atoms in total. The lowest BCUT2D eigenvalue weighted by Crippen LogP contribution is -2.44. The van der Waals surface area contributed by atoms with Crippen LogP contribution in [0.1, 0.15) is 37.5 Å². The molecule has 0 radical (unpaired) electrons. The third-order valence-corrected chi connectivity index (χ3v) is 4.46. The first-order valence-corrected chi connectivity index (χ1v) is 8.57. The maximum Gasteiger partial charge on any atom is 0.239 e. The van der Waals surface area contributed by atoms with Gasteiger partial charge >= 0.3 is 0 Å². The summed E-state index contributed by atoms with van der Waals surface area (Å²) in [7, 11) is 0. The number of amides is 2. The molecule has 0 atom stereocenters. The van der Waals surface area contributed by atoms with Crippen LogP contribution >= 0.6 is 0 Å². The summed E-state index contributed by atoms with van der Waals surface area (Å²) in [5, 5.41) is 5.69. The second-order valence-electron chi connectivity index (χ2n) is 6.74. The van der Waals surface area contributed by atoms with Crippen molar-refractivity contribution in [1.82, 2.24) is 5.32 Å². The Balaban J connectivity index is 1.99. The lowest BCUT2D eigenvalue weighted by molar-refractivity contribution is -0.138. The van der Waals surface area contributed by atoms with Gasteiger partial charge < -0.3 is 10.6 Å². The summed E-state index contributed by atoms with van der Waals surface area (Å²) in [6.45, 7) is 7.76. The topological polar surface area (TPSA) is 58.2 Å². The van der Waals surface area contributed by atoms with Gasteiger partial charge in [-0.1, -0.05) is 43.3 Å². The lowest BCUT2D eigenvalue weighted by atomic mass is 9.90. The molecule has 0 aliphatic heterocycles. The Morgan fingerprint density at radius 3 is 2.20 bits per heavy atom. The van der Waals surface area contributed by atoms with E-state index in [9.17, 15) is 9.59 Å². The number of nitrogens with one attached hydrogen (secondary N) is 2. The molecule has 0 bridgehead atoms. The van der Waals surface area contributed by atoms with Gasteiger partial charge in [-0.3, -0.25) is 9.59 Å². The van der Waals surface area contributed by atoms with Gasteiger partial charge in [-0.05, 0) is 56.0 Å². The highest BCUT2D eigenvalue weighted by Crippen LogP contribution is 2.20. The lowest BCUT2D eigenvalue weighted by Gasteiger charge is -2.23. The molecule has 0 spiro atoms. The summed E-state index contributed by atoms with van der Waals surface area (Å²) < 4.78 is 0. The van der Waals surface area contributed by atoms with Gasteiger partial charge in [0.25, 0.3) is 0 Å². The Kier molecular flexibility index (Phi) is 5.97. The number of anilines is 1. The molecule has 2 aromatic carbocycles. The second kappa shape index (κ2) is 7.97. The van der Waals surface area contributed by atoms with Gasteiger partial charge in [0.05, 0.1) is 0 Å². The van der Waals surface area contributed by atoms with Gasteiger partial charge in [0, 0.05) is 12.2 Å². The van der Waals surface area contributed by atoms with Crippen LogP contribution in [-0.2, 0) is 22.6 Å². The van der Waals surface area contributed by atoms with E-state index in [1.165, 1.54) is 5.56 Å². The first-order chi connectivity index (χ1) is 11.8. The van der Waals surface area contributed by atoms with E-state index in [4.69, 9.17) is 0 Å². The molecule has 0 saturated heterocycles. The van der Waals surface area contributed by atoms with Crippen LogP contribution in [0, 0.1) is 12.3 Å². The first kappa shape index (κ1) is 18.7. The Bertz CT molecular complexity index is 749. The van der Waals surface area contributed by atoms with Gasteiger partial charge in [-0.25, -0.2) is 0 Å². The van der Waals surface area contributed by atoms with E-state index in [1.807, 2.05) is 55.5 Å². The summed E-state index contributed by atoms with van der Waals surface area (Å²) in [5.74, 6) is -0.613. The van der Waals surface area contributed by atoms with Gasteiger partial charge in [-0.15, -0.1) is 0 Å². The maximum atomic E-state index is 12.5. The Labute approximate surface area is 149 Å². The Hall–Kier alpha value is -2.62. The average Bonchev–Trinajstić information content (AvgIpc) is 2.61. The molecule has 2 amide bonds. The van der Waals surface area contributed by atoms with Crippen molar-refractivity contribution < 1.29 is 9.59 Å². The van der Waals surface area contributed by atoms with Crippen LogP contribution in [0.2, 0.25) is 0 Å². The van der Waals surface area contributed by atoms with Crippen LogP contribution in [0.25, 0.3) is 0 Å². The summed E-state index contributed by atoms with van der Waals surface area (Å²) >= 11 is 0. The zero-order valence-corrected chi connectivity index (χ0v) is 15.3. The van der Waals surface area contributed by atoms with E-state index in [-0.39, 0.29) is 11.8 Å². The van der Waals surface area contributed by atoms with E-state index < -0.39 is 5.41 Å². The Morgan fingerprint density at radius 1 is 0.960 bits per heavy atom. The van der Waals surface area contributed by atoms with Crippen LogP contribution in [0.3, 0.4) is 0 Å². The molecule has 0 aliphatic rings. The summed E-state index contributed by atoms with van der Waals surface area (Å²) in [6, 6.07) is 15.5. The molecule has 2 N–H and O–H groups in total. The zero-order chi connectivity index (χ0) is 18.4. The maximum absolute atomic E-state index is 12.5. The molecular formula is C21H26N2O2.